The number of rotatable bonds is 3. The molecule has 0 saturated carbocycles. The van der Waals surface area contributed by atoms with Crippen LogP contribution in [0.4, 0.5) is 0 Å². The van der Waals surface area contributed by atoms with E-state index in [0.29, 0.717) is 11.4 Å². The summed E-state index contributed by atoms with van der Waals surface area (Å²) in [7, 11) is 0. The van der Waals surface area contributed by atoms with Gasteiger partial charge in [-0.3, -0.25) is 0 Å². The number of amides is 1. The van der Waals surface area contributed by atoms with Crippen molar-refractivity contribution in [2.45, 2.75) is 23.3 Å². The summed E-state index contributed by atoms with van der Waals surface area (Å²) in [6.45, 7) is 0.740. The van der Waals surface area contributed by atoms with Crippen LogP contribution in [0.1, 0.15) is 23.9 Å². The molecule has 125 valence electrons. The van der Waals surface area contributed by atoms with E-state index in [1.807, 2.05) is 12.1 Å². The number of carbonyl (C=O) groups excluding carboxylic acids is 1. The van der Waals surface area contributed by atoms with E-state index in [2.05, 4.69) is 20.6 Å². The molecule has 1 aromatic carbocycles. The van der Waals surface area contributed by atoms with Crippen LogP contribution < -0.4 is 5.73 Å². The van der Waals surface area contributed by atoms with Gasteiger partial charge < -0.3 is 0 Å². The Kier molecular flexibility index (Phi) is 4.32. The van der Waals surface area contributed by atoms with Gasteiger partial charge in [-0.1, -0.05) is 0 Å². The second-order valence-electron chi connectivity index (χ2n) is 5.96. The molecule has 0 spiro atoms. The fraction of sp³-hybridized carbons (Fsp3) is 0.294. The zero-order valence-corrected chi connectivity index (χ0v) is 15.9. The van der Waals surface area contributed by atoms with Gasteiger partial charge in [-0.25, -0.2) is 0 Å². The number of nitriles is 1. The molecule has 25 heavy (non-hydrogen) atoms. The van der Waals surface area contributed by atoms with Crippen LogP contribution in [0.5, 0.6) is 0 Å². The molecule has 2 N–H and O–H groups in total. The standard InChI is InChI=1S/C17H15N5O2.Sb/c1-10(4-5-23)22-16(7-15(19)24)21-14-9-20-13-3-2-11(8-18)6-12(13)17(14)22;/h2-3,6,9-10H,1,4-5,7H2,(H2,19,24);/q-1;+1. The van der Waals surface area contributed by atoms with Gasteiger partial charge in [0.2, 0.25) is 0 Å². The topological polar surface area (TPSA) is 107 Å². The molecule has 1 amide bonds. The van der Waals surface area contributed by atoms with Crippen molar-refractivity contribution in [2.24, 2.45) is 5.73 Å². The molecule has 0 bridgehead atoms. The third-order valence-corrected chi connectivity index (χ3v) is 7.00. The molecular formula is C17H15N5O2Sb. The van der Waals surface area contributed by atoms with Crippen LogP contribution in [0, 0.1) is 11.3 Å². The van der Waals surface area contributed by atoms with Gasteiger partial charge in [-0.2, -0.15) is 0 Å². The maximum absolute atomic E-state index is 11.5. The quantitative estimate of drug-likeness (QED) is 0.618. The summed E-state index contributed by atoms with van der Waals surface area (Å²) in [6.07, 6.45) is 2.70. The third kappa shape index (κ3) is 2.97. The van der Waals surface area contributed by atoms with Crippen molar-refractivity contribution in [1.29, 1.82) is 5.26 Å². The number of pyridine rings is 1. The van der Waals surface area contributed by atoms with Crippen molar-refractivity contribution >= 4 is 49.9 Å². The second-order valence-corrected chi connectivity index (χ2v) is 8.48. The van der Waals surface area contributed by atoms with Gasteiger partial charge in [-0.05, 0) is 0 Å². The van der Waals surface area contributed by atoms with Gasteiger partial charge in [-0.15, -0.1) is 0 Å². The molecule has 2 aromatic heterocycles. The summed E-state index contributed by atoms with van der Waals surface area (Å²) in [6, 6.07) is 7.87. The summed E-state index contributed by atoms with van der Waals surface area (Å²) in [5, 5.41) is 10.1. The first-order valence-electron chi connectivity index (χ1n) is 7.94. The molecule has 4 rings (SSSR count). The van der Waals surface area contributed by atoms with E-state index in [-0.39, 0.29) is 12.5 Å². The first-order chi connectivity index (χ1) is 12.2. The number of hydrogen-bond acceptors (Lipinski definition) is 5. The Balaban J connectivity index is 2.03. The minimum absolute atomic E-state index is 0.0915. The molecule has 1 radical (unpaired) electrons. The molecule has 1 aliphatic heterocycles. The van der Waals surface area contributed by atoms with Crippen molar-refractivity contribution in [3.8, 4) is 6.07 Å². The van der Waals surface area contributed by atoms with Crippen molar-refractivity contribution in [2.75, 3.05) is 6.61 Å². The van der Waals surface area contributed by atoms with Crippen LogP contribution >= 0.6 is 0 Å². The van der Waals surface area contributed by atoms with Crippen LogP contribution in [-0.2, 0) is 14.2 Å². The Hall–Kier alpha value is -2.16. The summed E-state index contributed by atoms with van der Waals surface area (Å²) >= 11 is -0.666. The number of fused-ring (bicyclic) bond motifs is 3. The predicted molar refractivity (Wildman–Crippen MR) is 92.8 cm³/mol. The average molecular weight is 443 g/mol. The molecule has 7 nitrogen and oxygen atoms in total. The number of imidazole rings is 1. The van der Waals surface area contributed by atoms with Crippen LogP contribution in [0.15, 0.2) is 24.4 Å². The number of aromatic nitrogens is 3. The predicted octanol–water partition coefficient (Wildman–Crippen LogP) is 1.48. The first-order valence-corrected chi connectivity index (χ1v) is 10.8. The van der Waals surface area contributed by atoms with E-state index in [0.717, 1.165) is 39.3 Å². The third-order valence-electron chi connectivity index (χ3n) is 4.33. The number of benzene rings is 1. The van der Waals surface area contributed by atoms with Crippen LogP contribution in [0.25, 0.3) is 21.9 Å². The average Bonchev–Trinajstić information content (AvgIpc) is 2.99. The molecular weight excluding hydrogens is 428 g/mol. The van der Waals surface area contributed by atoms with Crippen molar-refractivity contribution < 1.29 is 7.81 Å². The van der Waals surface area contributed by atoms with Crippen LogP contribution in [0.3, 0.4) is 0 Å². The minimum atomic E-state index is -0.666. The Morgan fingerprint density at radius 3 is 3.08 bits per heavy atom. The Labute approximate surface area is 154 Å². The molecule has 1 saturated heterocycles. The number of nitrogens with zero attached hydrogens (tertiary/aromatic N) is 4. The number of nitrogens with two attached hydrogens (primary N) is 1. The summed E-state index contributed by atoms with van der Waals surface area (Å²) in [5.41, 5.74) is 8.48. The van der Waals surface area contributed by atoms with Crippen molar-refractivity contribution in [3.05, 3.63) is 35.8 Å². The molecule has 3 aromatic rings. The van der Waals surface area contributed by atoms with Gasteiger partial charge >= 0.3 is 155 Å². The van der Waals surface area contributed by atoms with Gasteiger partial charge in [0.25, 0.3) is 0 Å². The Morgan fingerprint density at radius 1 is 1.48 bits per heavy atom. The van der Waals surface area contributed by atoms with E-state index < -0.39 is 27.9 Å². The summed E-state index contributed by atoms with van der Waals surface area (Å²) in [5.74, 6) is 0.263. The number of carbonyl (C=O) groups is 1. The van der Waals surface area contributed by atoms with Crippen LogP contribution in [0.2, 0.25) is 4.37 Å². The Bertz CT molecular complexity index is 1020. The first kappa shape index (κ1) is 16.3. The van der Waals surface area contributed by atoms with Gasteiger partial charge in [0.05, 0.1) is 0 Å². The van der Waals surface area contributed by atoms with Gasteiger partial charge in [0.1, 0.15) is 0 Å². The normalized spacial score (nSPS) is 17.6. The zero-order chi connectivity index (χ0) is 17.4. The number of hydrogen-bond donors (Lipinski definition) is 1. The van der Waals surface area contributed by atoms with Crippen molar-refractivity contribution in [1.82, 2.24) is 14.5 Å². The maximum atomic E-state index is 11.5. The molecule has 0 aliphatic carbocycles. The van der Waals surface area contributed by atoms with Gasteiger partial charge in [0, 0.05) is 0 Å². The van der Waals surface area contributed by atoms with Crippen molar-refractivity contribution in [3.63, 3.8) is 0 Å². The molecule has 1 fully saturated rings. The summed E-state index contributed by atoms with van der Waals surface area (Å²) in [4.78, 5) is 20.6. The SMILES string of the molecule is N#Cc1ccc2ncc3nc(CC(N)=O)n(C4CC[O][Sb][CH2]4)c3c2c1. The summed E-state index contributed by atoms with van der Waals surface area (Å²) < 4.78 is 8.76. The zero-order valence-electron chi connectivity index (χ0n) is 13.3. The van der Waals surface area contributed by atoms with E-state index >= 15 is 0 Å². The molecule has 8 heteroatoms. The fourth-order valence-corrected chi connectivity index (χ4v) is 5.71. The molecule has 1 unspecified atom stereocenters. The van der Waals surface area contributed by atoms with Crippen LogP contribution in [-0.4, -0.2) is 49.1 Å². The van der Waals surface area contributed by atoms with E-state index in [1.165, 1.54) is 0 Å². The fourth-order valence-electron chi connectivity index (χ4n) is 3.26. The monoisotopic (exact) mass is 442 g/mol. The molecule has 1 atom stereocenters. The number of primary amides is 1. The van der Waals surface area contributed by atoms with E-state index in [9.17, 15) is 10.1 Å². The van der Waals surface area contributed by atoms with Gasteiger partial charge in [0.15, 0.2) is 0 Å². The van der Waals surface area contributed by atoms with E-state index in [1.54, 1.807) is 12.3 Å². The second kappa shape index (κ2) is 6.62. The Morgan fingerprint density at radius 2 is 2.36 bits per heavy atom. The van der Waals surface area contributed by atoms with E-state index in [4.69, 9.17) is 8.75 Å². The molecule has 1 aliphatic rings. The molecule has 3 heterocycles.